The Balaban J connectivity index is 2.04. The zero-order valence-corrected chi connectivity index (χ0v) is 23.9. The summed E-state index contributed by atoms with van der Waals surface area (Å²) in [5.74, 6) is -0.816. The summed E-state index contributed by atoms with van der Waals surface area (Å²) < 4.78 is 28.7. The maximum atomic E-state index is 13.9. The van der Waals surface area contributed by atoms with E-state index < -0.39 is 28.5 Å². The average Bonchev–Trinajstić information content (AvgIpc) is 2.86. The van der Waals surface area contributed by atoms with E-state index in [0.717, 1.165) is 21.0 Å². The van der Waals surface area contributed by atoms with Crippen molar-refractivity contribution in [3.63, 3.8) is 0 Å². The minimum absolute atomic E-state index is 0.00672. The number of nitrogens with one attached hydrogen (secondary N) is 1. The Morgan fingerprint density at radius 3 is 2.18 bits per heavy atom. The fourth-order valence-corrected chi connectivity index (χ4v) is 5.54. The van der Waals surface area contributed by atoms with Gasteiger partial charge in [-0.25, -0.2) is 8.42 Å². The number of hydrogen-bond acceptors (Lipinski definition) is 4. The predicted molar refractivity (Wildman–Crippen MR) is 152 cm³/mol. The van der Waals surface area contributed by atoms with Gasteiger partial charge in [-0.1, -0.05) is 48.0 Å². The van der Waals surface area contributed by atoms with Crippen LogP contribution in [0.1, 0.15) is 37.5 Å². The Hall–Kier alpha value is -3.36. The molecule has 1 atom stereocenters. The van der Waals surface area contributed by atoms with E-state index in [1.807, 2.05) is 58.0 Å². The number of halogens is 1. The SMILES string of the molecule is Cc1cccc(N(CC(=O)N(Cc2ccccc2C)[C@H](C)C(=O)NC(C)C)S(=O)(=O)c2ccc(Cl)cc2)c1. The third kappa shape index (κ3) is 7.14. The van der Waals surface area contributed by atoms with Gasteiger partial charge in [-0.15, -0.1) is 0 Å². The molecule has 0 saturated carbocycles. The lowest BCUT2D eigenvalue weighted by molar-refractivity contribution is -0.139. The van der Waals surface area contributed by atoms with E-state index in [2.05, 4.69) is 5.32 Å². The molecule has 3 aromatic rings. The van der Waals surface area contributed by atoms with E-state index in [9.17, 15) is 18.0 Å². The molecular weight excluding hydrogens is 522 g/mol. The van der Waals surface area contributed by atoms with Gasteiger partial charge < -0.3 is 10.2 Å². The van der Waals surface area contributed by atoms with Crippen molar-refractivity contribution in [2.24, 2.45) is 0 Å². The van der Waals surface area contributed by atoms with Crippen LogP contribution in [-0.4, -0.2) is 43.8 Å². The zero-order chi connectivity index (χ0) is 28.0. The van der Waals surface area contributed by atoms with Crippen LogP contribution in [0.25, 0.3) is 0 Å². The van der Waals surface area contributed by atoms with Gasteiger partial charge in [0.2, 0.25) is 11.8 Å². The van der Waals surface area contributed by atoms with E-state index >= 15 is 0 Å². The minimum atomic E-state index is -4.14. The van der Waals surface area contributed by atoms with Crippen molar-refractivity contribution in [1.82, 2.24) is 10.2 Å². The molecule has 0 bridgehead atoms. The Labute approximate surface area is 230 Å². The first kappa shape index (κ1) is 29.2. The predicted octanol–water partition coefficient (Wildman–Crippen LogP) is 5.09. The lowest BCUT2D eigenvalue weighted by Gasteiger charge is -2.32. The molecule has 0 aliphatic rings. The summed E-state index contributed by atoms with van der Waals surface area (Å²) in [6.07, 6.45) is 0. The molecule has 202 valence electrons. The second-order valence-corrected chi connectivity index (χ2v) is 11.9. The monoisotopic (exact) mass is 555 g/mol. The second kappa shape index (κ2) is 12.5. The number of rotatable bonds is 10. The molecular formula is C29H34ClN3O4S. The highest BCUT2D eigenvalue weighted by atomic mass is 35.5. The minimum Gasteiger partial charge on any atom is -0.352 e. The van der Waals surface area contributed by atoms with Crippen LogP contribution in [0, 0.1) is 13.8 Å². The number of hydrogen-bond donors (Lipinski definition) is 1. The molecule has 2 amide bonds. The van der Waals surface area contributed by atoms with Gasteiger partial charge in [-0.05, 0) is 87.7 Å². The summed E-state index contributed by atoms with van der Waals surface area (Å²) in [6.45, 7) is 8.79. The van der Waals surface area contributed by atoms with Gasteiger partial charge in [0.05, 0.1) is 10.6 Å². The van der Waals surface area contributed by atoms with E-state index in [1.165, 1.54) is 29.2 Å². The summed E-state index contributed by atoms with van der Waals surface area (Å²) in [7, 11) is -4.14. The highest BCUT2D eigenvalue weighted by molar-refractivity contribution is 7.92. The van der Waals surface area contributed by atoms with Gasteiger partial charge in [0, 0.05) is 17.6 Å². The Morgan fingerprint density at radius 1 is 0.921 bits per heavy atom. The number of anilines is 1. The largest absolute Gasteiger partial charge is 0.352 e. The van der Waals surface area contributed by atoms with Crippen LogP contribution >= 0.6 is 11.6 Å². The Bertz CT molecular complexity index is 1390. The normalized spacial score (nSPS) is 12.2. The first-order valence-electron chi connectivity index (χ1n) is 12.4. The molecule has 9 heteroatoms. The van der Waals surface area contributed by atoms with Crippen LogP contribution in [0.4, 0.5) is 5.69 Å². The molecule has 3 rings (SSSR count). The average molecular weight is 556 g/mol. The molecule has 0 fully saturated rings. The topological polar surface area (TPSA) is 86.8 Å². The van der Waals surface area contributed by atoms with Crippen LogP contribution in [0.5, 0.6) is 0 Å². The summed E-state index contributed by atoms with van der Waals surface area (Å²) in [5, 5.41) is 3.25. The van der Waals surface area contributed by atoms with Crippen LogP contribution in [-0.2, 0) is 26.2 Å². The zero-order valence-electron chi connectivity index (χ0n) is 22.3. The van der Waals surface area contributed by atoms with E-state index in [4.69, 9.17) is 11.6 Å². The number of nitrogens with zero attached hydrogens (tertiary/aromatic N) is 2. The molecule has 0 unspecified atom stereocenters. The first-order valence-corrected chi connectivity index (χ1v) is 14.2. The van der Waals surface area contributed by atoms with Crippen molar-refractivity contribution in [3.05, 3.63) is 94.5 Å². The van der Waals surface area contributed by atoms with Gasteiger partial charge in [0.1, 0.15) is 12.6 Å². The van der Waals surface area contributed by atoms with Gasteiger partial charge >= 0.3 is 0 Å². The summed E-state index contributed by atoms with van der Waals surface area (Å²) in [5.41, 5.74) is 3.02. The summed E-state index contributed by atoms with van der Waals surface area (Å²) >= 11 is 5.99. The third-order valence-electron chi connectivity index (χ3n) is 6.17. The van der Waals surface area contributed by atoms with Gasteiger partial charge in [0.15, 0.2) is 0 Å². The van der Waals surface area contributed by atoms with Crippen LogP contribution in [0.2, 0.25) is 5.02 Å². The van der Waals surface area contributed by atoms with E-state index in [0.29, 0.717) is 10.7 Å². The number of carbonyl (C=O) groups excluding carboxylic acids is 2. The number of benzene rings is 3. The molecule has 38 heavy (non-hydrogen) atoms. The fraction of sp³-hybridized carbons (Fsp3) is 0.310. The molecule has 0 radical (unpaired) electrons. The summed E-state index contributed by atoms with van der Waals surface area (Å²) in [4.78, 5) is 28.3. The maximum Gasteiger partial charge on any atom is 0.264 e. The Morgan fingerprint density at radius 2 is 1.58 bits per heavy atom. The summed E-state index contributed by atoms with van der Waals surface area (Å²) in [6, 6.07) is 19.4. The fourth-order valence-electron chi connectivity index (χ4n) is 4.00. The number of aryl methyl sites for hydroxylation is 2. The van der Waals surface area contributed by atoms with Gasteiger partial charge in [-0.2, -0.15) is 0 Å². The quantitative estimate of drug-likeness (QED) is 0.377. The molecule has 0 aliphatic heterocycles. The smallest absolute Gasteiger partial charge is 0.264 e. The molecule has 0 aliphatic carbocycles. The van der Waals surface area contributed by atoms with Crippen LogP contribution < -0.4 is 9.62 Å². The molecule has 3 aromatic carbocycles. The molecule has 0 heterocycles. The number of amides is 2. The van der Waals surface area contributed by atoms with Crippen LogP contribution in [0.15, 0.2) is 77.7 Å². The molecule has 7 nitrogen and oxygen atoms in total. The second-order valence-electron chi connectivity index (χ2n) is 9.59. The van der Waals surface area contributed by atoms with Crippen LogP contribution in [0.3, 0.4) is 0 Å². The standard InChI is InChI=1S/C29H34ClN3O4S/c1-20(2)31-29(35)23(5)32(18-24-11-7-6-10-22(24)4)28(34)19-33(26-12-8-9-21(3)17-26)38(36,37)27-15-13-25(30)14-16-27/h6-17,20,23H,18-19H2,1-5H3,(H,31,35)/t23-/m1/s1. The van der Waals surface area contributed by atoms with E-state index in [1.54, 1.807) is 25.1 Å². The molecule has 1 N–H and O–H groups in total. The number of carbonyl (C=O) groups is 2. The molecule has 0 spiro atoms. The molecule has 0 saturated heterocycles. The van der Waals surface area contributed by atoms with Gasteiger partial charge in [-0.3, -0.25) is 13.9 Å². The van der Waals surface area contributed by atoms with Crippen molar-refractivity contribution in [2.75, 3.05) is 10.8 Å². The lowest BCUT2D eigenvalue weighted by Crippen LogP contribution is -2.52. The van der Waals surface area contributed by atoms with Gasteiger partial charge in [0.25, 0.3) is 10.0 Å². The maximum absolute atomic E-state index is 13.9. The lowest BCUT2D eigenvalue weighted by atomic mass is 10.1. The third-order valence-corrected chi connectivity index (χ3v) is 8.21. The van der Waals surface area contributed by atoms with Crippen molar-refractivity contribution in [1.29, 1.82) is 0 Å². The van der Waals surface area contributed by atoms with E-state index in [-0.39, 0.29) is 23.4 Å². The van der Waals surface area contributed by atoms with Crippen molar-refractivity contribution >= 4 is 39.1 Å². The number of sulfonamides is 1. The van der Waals surface area contributed by atoms with Crippen molar-refractivity contribution < 1.29 is 18.0 Å². The van der Waals surface area contributed by atoms with Crippen molar-refractivity contribution in [2.45, 2.75) is 58.1 Å². The molecule has 0 aromatic heterocycles. The van der Waals surface area contributed by atoms with Crippen molar-refractivity contribution in [3.8, 4) is 0 Å². The highest BCUT2D eigenvalue weighted by Crippen LogP contribution is 2.26. The Kier molecular flexibility index (Phi) is 9.57. The first-order chi connectivity index (χ1) is 17.9. The highest BCUT2D eigenvalue weighted by Gasteiger charge is 2.32.